The normalized spacial score (nSPS) is 11.0. The van der Waals surface area contributed by atoms with Crippen LogP contribution in [-0.4, -0.2) is 18.9 Å². The standard InChI is InChI=1S/C8H11F2NO/c1-4-5-11-7(12)8(2,3)6(9)10/h1,6H,5H2,2-3H3,(H,11,12). The highest BCUT2D eigenvalue weighted by Gasteiger charge is 2.37. The van der Waals surface area contributed by atoms with E-state index in [0.29, 0.717) is 0 Å². The van der Waals surface area contributed by atoms with Crippen molar-refractivity contribution >= 4 is 5.91 Å². The van der Waals surface area contributed by atoms with Crippen LogP contribution in [-0.2, 0) is 4.79 Å². The van der Waals surface area contributed by atoms with Gasteiger partial charge in [0.2, 0.25) is 5.91 Å². The fraction of sp³-hybridized carbons (Fsp3) is 0.625. The maximum Gasteiger partial charge on any atom is 0.252 e. The van der Waals surface area contributed by atoms with Gasteiger partial charge in [0.25, 0.3) is 6.43 Å². The van der Waals surface area contributed by atoms with Crippen molar-refractivity contribution in [1.29, 1.82) is 0 Å². The SMILES string of the molecule is C#CCNC(=O)C(C)(C)C(F)F. The molecule has 0 atom stereocenters. The monoisotopic (exact) mass is 175 g/mol. The third kappa shape index (κ3) is 2.50. The Morgan fingerprint density at radius 3 is 2.50 bits per heavy atom. The second kappa shape index (κ2) is 4.05. The van der Waals surface area contributed by atoms with Gasteiger partial charge in [0, 0.05) is 0 Å². The average Bonchev–Trinajstić information content (AvgIpc) is 1.99. The summed E-state index contributed by atoms with van der Waals surface area (Å²) in [6.45, 7) is 2.32. The zero-order valence-corrected chi connectivity index (χ0v) is 7.03. The highest BCUT2D eigenvalue weighted by molar-refractivity contribution is 5.82. The molecule has 1 amide bonds. The van der Waals surface area contributed by atoms with E-state index in [1.54, 1.807) is 0 Å². The molecule has 0 bridgehead atoms. The molecule has 0 aromatic carbocycles. The summed E-state index contributed by atoms with van der Waals surface area (Å²) in [7, 11) is 0. The summed E-state index contributed by atoms with van der Waals surface area (Å²) < 4.78 is 24.4. The van der Waals surface area contributed by atoms with E-state index < -0.39 is 17.7 Å². The summed E-state index contributed by atoms with van der Waals surface area (Å²) in [6.07, 6.45) is 2.16. The first-order valence-electron chi connectivity index (χ1n) is 3.43. The minimum absolute atomic E-state index is 0.0189. The minimum atomic E-state index is -2.68. The van der Waals surface area contributed by atoms with Crippen molar-refractivity contribution in [3.05, 3.63) is 0 Å². The van der Waals surface area contributed by atoms with Crippen LogP contribution in [0.4, 0.5) is 8.78 Å². The zero-order valence-electron chi connectivity index (χ0n) is 7.03. The van der Waals surface area contributed by atoms with E-state index in [1.807, 2.05) is 0 Å². The van der Waals surface area contributed by atoms with Gasteiger partial charge < -0.3 is 5.32 Å². The molecule has 0 fully saturated rings. The summed E-state index contributed by atoms with van der Waals surface area (Å²) in [5, 5.41) is 2.20. The number of rotatable bonds is 3. The van der Waals surface area contributed by atoms with Gasteiger partial charge in [0.1, 0.15) is 5.41 Å². The molecule has 0 spiro atoms. The fourth-order valence-electron chi connectivity index (χ4n) is 0.458. The Morgan fingerprint density at radius 2 is 2.17 bits per heavy atom. The Kier molecular flexibility index (Phi) is 3.68. The molecule has 0 rings (SSSR count). The van der Waals surface area contributed by atoms with E-state index in [2.05, 4.69) is 11.2 Å². The first-order chi connectivity index (χ1) is 5.42. The van der Waals surface area contributed by atoms with Gasteiger partial charge in [-0.3, -0.25) is 4.79 Å². The van der Waals surface area contributed by atoms with Crippen molar-refractivity contribution < 1.29 is 13.6 Å². The highest BCUT2D eigenvalue weighted by atomic mass is 19.3. The Labute approximate surface area is 70.3 Å². The number of amides is 1. The molecule has 0 aromatic heterocycles. The van der Waals surface area contributed by atoms with Crippen molar-refractivity contribution in [2.45, 2.75) is 20.3 Å². The molecule has 1 N–H and O–H groups in total. The molecule has 0 aliphatic rings. The average molecular weight is 175 g/mol. The van der Waals surface area contributed by atoms with Gasteiger partial charge in [0.05, 0.1) is 6.54 Å². The molecule has 12 heavy (non-hydrogen) atoms. The molecule has 0 aliphatic carbocycles. The van der Waals surface area contributed by atoms with Crippen LogP contribution in [0.2, 0.25) is 0 Å². The van der Waals surface area contributed by atoms with E-state index in [0.717, 1.165) is 0 Å². The number of carbonyl (C=O) groups excluding carboxylic acids is 1. The van der Waals surface area contributed by atoms with Crippen molar-refractivity contribution in [1.82, 2.24) is 5.32 Å². The van der Waals surface area contributed by atoms with E-state index in [-0.39, 0.29) is 6.54 Å². The predicted molar refractivity (Wildman–Crippen MR) is 41.6 cm³/mol. The van der Waals surface area contributed by atoms with E-state index >= 15 is 0 Å². The Hall–Kier alpha value is -1.11. The first-order valence-corrected chi connectivity index (χ1v) is 3.43. The fourth-order valence-corrected chi connectivity index (χ4v) is 0.458. The molecular weight excluding hydrogens is 164 g/mol. The molecule has 0 aliphatic heterocycles. The summed E-state index contributed by atoms with van der Waals surface area (Å²) in [4.78, 5) is 11.0. The molecular formula is C8H11F2NO. The largest absolute Gasteiger partial charge is 0.345 e. The number of hydrogen-bond donors (Lipinski definition) is 1. The predicted octanol–water partition coefficient (Wildman–Crippen LogP) is 1.03. The third-order valence-electron chi connectivity index (χ3n) is 1.48. The molecule has 0 aromatic rings. The molecule has 68 valence electrons. The van der Waals surface area contributed by atoms with E-state index in [9.17, 15) is 13.6 Å². The number of carbonyl (C=O) groups is 1. The highest BCUT2D eigenvalue weighted by Crippen LogP contribution is 2.24. The van der Waals surface area contributed by atoms with Crippen LogP contribution >= 0.6 is 0 Å². The smallest absolute Gasteiger partial charge is 0.252 e. The molecule has 0 heterocycles. The van der Waals surface area contributed by atoms with Crippen LogP contribution in [0.5, 0.6) is 0 Å². The molecule has 0 saturated heterocycles. The molecule has 0 radical (unpaired) electrons. The van der Waals surface area contributed by atoms with Gasteiger partial charge in [-0.2, -0.15) is 0 Å². The minimum Gasteiger partial charge on any atom is -0.345 e. The van der Waals surface area contributed by atoms with E-state index in [1.165, 1.54) is 13.8 Å². The van der Waals surface area contributed by atoms with Crippen LogP contribution in [0.1, 0.15) is 13.8 Å². The summed E-state index contributed by atoms with van der Waals surface area (Å²) in [6, 6.07) is 0. The van der Waals surface area contributed by atoms with Gasteiger partial charge in [-0.1, -0.05) is 5.92 Å². The van der Waals surface area contributed by atoms with Gasteiger partial charge in [-0.25, -0.2) is 8.78 Å². The van der Waals surface area contributed by atoms with Crippen LogP contribution < -0.4 is 5.32 Å². The lowest BCUT2D eigenvalue weighted by molar-refractivity contribution is -0.137. The van der Waals surface area contributed by atoms with Crippen molar-refractivity contribution in [2.75, 3.05) is 6.54 Å². The summed E-state index contributed by atoms with van der Waals surface area (Å²) in [5.41, 5.74) is -1.67. The van der Waals surface area contributed by atoms with Crippen molar-refractivity contribution in [2.24, 2.45) is 5.41 Å². The number of nitrogens with one attached hydrogen (secondary N) is 1. The summed E-state index contributed by atoms with van der Waals surface area (Å²) in [5.74, 6) is 1.41. The van der Waals surface area contributed by atoms with Crippen LogP contribution in [0.15, 0.2) is 0 Å². The van der Waals surface area contributed by atoms with Crippen LogP contribution in [0.3, 0.4) is 0 Å². The Balaban J connectivity index is 4.18. The topological polar surface area (TPSA) is 29.1 Å². The lowest BCUT2D eigenvalue weighted by atomic mass is 9.93. The second-order valence-corrected chi connectivity index (χ2v) is 2.91. The number of hydrogen-bond acceptors (Lipinski definition) is 1. The maximum absolute atomic E-state index is 12.2. The lowest BCUT2D eigenvalue weighted by Gasteiger charge is -2.21. The third-order valence-corrected chi connectivity index (χ3v) is 1.48. The first kappa shape index (κ1) is 10.9. The Bertz CT molecular complexity index is 206. The van der Waals surface area contributed by atoms with Crippen LogP contribution in [0.25, 0.3) is 0 Å². The number of alkyl halides is 2. The molecule has 4 heteroatoms. The van der Waals surface area contributed by atoms with Crippen molar-refractivity contribution in [3.8, 4) is 12.3 Å². The number of halogens is 2. The zero-order chi connectivity index (χ0) is 9.78. The molecule has 0 unspecified atom stereocenters. The maximum atomic E-state index is 12.2. The van der Waals surface area contributed by atoms with Crippen molar-refractivity contribution in [3.63, 3.8) is 0 Å². The van der Waals surface area contributed by atoms with Gasteiger partial charge in [-0.05, 0) is 13.8 Å². The molecule has 0 saturated carbocycles. The summed E-state index contributed by atoms with van der Waals surface area (Å²) >= 11 is 0. The second-order valence-electron chi connectivity index (χ2n) is 2.91. The number of terminal acetylenes is 1. The van der Waals surface area contributed by atoms with E-state index in [4.69, 9.17) is 6.42 Å². The van der Waals surface area contributed by atoms with Gasteiger partial charge in [-0.15, -0.1) is 6.42 Å². The van der Waals surface area contributed by atoms with Gasteiger partial charge in [0.15, 0.2) is 0 Å². The Morgan fingerprint density at radius 1 is 1.67 bits per heavy atom. The lowest BCUT2D eigenvalue weighted by Crippen LogP contribution is -2.41. The molecule has 2 nitrogen and oxygen atoms in total. The van der Waals surface area contributed by atoms with Gasteiger partial charge >= 0.3 is 0 Å². The quantitative estimate of drug-likeness (QED) is 0.638. The van der Waals surface area contributed by atoms with Crippen LogP contribution in [0, 0.1) is 17.8 Å².